The Hall–Kier alpha value is -0.540. The molecule has 1 aromatic rings. The molecule has 2 unspecified atom stereocenters. The molecule has 100 valence electrons. The third kappa shape index (κ3) is 3.48. The highest BCUT2D eigenvalue weighted by atomic mass is 32.2. The van der Waals surface area contributed by atoms with Gasteiger partial charge in [-0.2, -0.15) is 11.8 Å². The first-order valence-corrected chi connectivity index (χ1v) is 7.92. The first kappa shape index (κ1) is 13.9. The van der Waals surface area contributed by atoms with Crippen LogP contribution in [0.2, 0.25) is 0 Å². The molecule has 0 spiro atoms. The Morgan fingerprint density at radius 2 is 2.22 bits per heavy atom. The van der Waals surface area contributed by atoms with Crippen LogP contribution in [-0.2, 0) is 6.42 Å². The van der Waals surface area contributed by atoms with E-state index in [1.54, 1.807) is 12.1 Å². The smallest absolute Gasteiger partial charge is 0.123 e. The number of nitrogens with one attached hydrogen (secondary N) is 1. The molecule has 1 aromatic carbocycles. The molecule has 0 radical (unpaired) electrons. The highest BCUT2D eigenvalue weighted by Crippen LogP contribution is 2.28. The van der Waals surface area contributed by atoms with Gasteiger partial charge in [-0.05, 0) is 61.2 Å². The second-order valence-electron chi connectivity index (χ2n) is 5.13. The summed E-state index contributed by atoms with van der Waals surface area (Å²) in [5.41, 5.74) is 2.38. The average Bonchev–Trinajstić information content (AvgIpc) is 2.79. The highest BCUT2D eigenvalue weighted by Gasteiger charge is 2.27. The third-order valence-electron chi connectivity index (χ3n) is 3.65. The maximum absolute atomic E-state index is 13.3. The third-order valence-corrected chi connectivity index (χ3v) is 4.91. The lowest BCUT2D eigenvalue weighted by molar-refractivity contribution is 0.424. The van der Waals surface area contributed by atoms with Gasteiger partial charge in [-0.25, -0.2) is 4.39 Å². The van der Waals surface area contributed by atoms with E-state index in [4.69, 9.17) is 0 Å². The van der Waals surface area contributed by atoms with Crippen LogP contribution in [0.25, 0.3) is 0 Å². The maximum atomic E-state index is 13.3. The number of rotatable bonds is 5. The van der Waals surface area contributed by atoms with E-state index in [2.05, 4.69) is 19.2 Å². The molecule has 18 heavy (non-hydrogen) atoms. The van der Waals surface area contributed by atoms with Crippen molar-refractivity contribution in [1.29, 1.82) is 0 Å². The van der Waals surface area contributed by atoms with E-state index in [0.29, 0.717) is 12.0 Å². The predicted octanol–water partition coefficient (Wildman–Crippen LogP) is 3.41. The lowest BCUT2D eigenvalue weighted by atomic mass is 9.92. The summed E-state index contributed by atoms with van der Waals surface area (Å²) in [4.78, 5) is 0. The molecule has 2 rings (SSSR count). The van der Waals surface area contributed by atoms with E-state index >= 15 is 0 Å². The van der Waals surface area contributed by atoms with Gasteiger partial charge in [0.25, 0.3) is 0 Å². The van der Waals surface area contributed by atoms with Crippen LogP contribution < -0.4 is 5.32 Å². The normalized spacial score (nSPS) is 23.5. The predicted molar refractivity (Wildman–Crippen MR) is 77.7 cm³/mol. The first-order valence-electron chi connectivity index (χ1n) is 6.77. The molecule has 1 N–H and O–H groups in total. The monoisotopic (exact) mass is 267 g/mol. The van der Waals surface area contributed by atoms with E-state index in [9.17, 15) is 4.39 Å². The molecule has 0 amide bonds. The second kappa shape index (κ2) is 6.58. The van der Waals surface area contributed by atoms with Gasteiger partial charge in [-0.1, -0.05) is 13.0 Å². The Bertz CT molecular complexity index is 394. The standard InChI is InChI=1S/C15H22FNS/c1-3-6-17-15-10-18-9-13(15)7-12-8-14(16)5-4-11(12)2/h4-5,8,13,15,17H,3,6-7,9-10H2,1-2H3. The van der Waals surface area contributed by atoms with Crippen molar-refractivity contribution in [1.82, 2.24) is 5.32 Å². The minimum absolute atomic E-state index is 0.112. The molecule has 0 saturated carbocycles. The van der Waals surface area contributed by atoms with Gasteiger partial charge in [-0.3, -0.25) is 0 Å². The van der Waals surface area contributed by atoms with E-state index in [1.807, 2.05) is 17.8 Å². The second-order valence-corrected chi connectivity index (χ2v) is 6.21. The molecule has 1 saturated heterocycles. The van der Waals surface area contributed by atoms with E-state index in [-0.39, 0.29) is 5.82 Å². The van der Waals surface area contributed by atoms with Gasteiger partial charge in [-0.15, -0.1) is 0 Å². The fraction of sp³-hybridized carbons (Fsp3) is 0.600. The zero-order valence-corrected chi connectivity index (χ0v) is 12.0. The minimum atomic E-state index is -0.112. The zero-order chi connectivity index (χ0) is 13.0. The van der Waals surface area contributed by atoms with Gasteiger partial charge in [0.2, 0.25) is 0 Å². The molecule has 1 fully saturated rings. The summed E-state index contributed by atoms with van der Waals surface area (Å²) in [6.07, 6.45) is 2.17. The van der Waals surface area contributed by atoms with Gasteiger partial charge in [0.1, 0.15) is 5.82 Å². The van der Waals surface area contributed by atoms with Gasteiger partial charge in [0, 0.05) is 11.8 Å². The number of thioether (sulfide) groups is 1. The Balaban J connectivity index is 2.01. The van der Waals surface area contributed by atoms with Crippen LogP contribution in [0.1, 0.15) is 24.5 Å². The van der Waals surface area contributed by atoms with Crippen LogP contribution in [-0.4, -0.2) is 24.1 Å². The van der Waals surface area contributed by atoms with Gasteiger partial charge >= 0.3 is 0 Å². The average molecular weight is 267 g/mol. The van der Waals surface area contributed by atoms with Crippen LogP contribution in [0.5, 0.6) is 0 Å². The molecule has 0 aliphatic carbocycles. The number of halogens is 1. The van der Waals surface area contributed by atoms with E-state index in [0.717, 1.165) is 13.0 Å². The van der Waals surface area contributed by atoms with Crippen LogP contribution in [0.3, 0.4) is 0 Å². The summed E-state index contributed by atoms with van der Waals surface area (Å²) in [6.45, 7) is 5.36. The Morgan fingerprint density at radius 1 is 1.39 bits per heavy atom. The van der Waals surface area contributed by atoms with Crippen molar-refractivity contribution in [3.05, 3.63) is 35.1 Å². The van der Waals surface area contributed by atoms with Gasteiger partial charge in [0.15, 0.2) is 0 Å². The van der Waals surface area contributed by atoms with Crippen LogP contribution in [0.4, 0.5) is 4.39 Å². The van der Waals surface area contributed by atoms with Crippen molar-refractivity contribution in [2.24, 2.45) is 5.92 Å². The summed E-state index contributed by atoms with van der Waals surface area (Å²) >= 11 is 2.01. The fourth-order valence-corrected chi connectivity index (χ4v) is 3.93. The van der Waals surface area contributed by atoms with Gasteiger partial charge < -0.3 is 5.32 Å². The molecular weight excluding hydrogens is 245 g/mol. The Labute approximate surface area is 114 Å². The molecular formula is C15H22FNS. The molecule has 3 heteroatoms. The van der Waals surface area contributed by atoms with Crippen molar-refractivity contribution >= 4 is 11.8 Å². The van der Waals surface area contributed by atoms with Crippen molar-refractivity contribution in [3.63, 3.8) is 0 Å². The van der Waals surface area contributed by atoms with Crippen molar-refractivity contribution in [3.8, 4) is 0 Å². The molecule has 1 nitrogen and oxygen atoms in total. The Morgan fingerprint density at radius 3 is 3.00 bits per heavy atom. The Kier molecular flexibility index (Phi) is 5.07. The van der Waals surface area contributed by atoms with Crippen LogP contribution in [0, 0.1) is 18.7 Å². The summed E-state index contributed by atoms with van der Waals surface area (Å²) in [6, 6.07) is 5.74. The molecule has 2 atom stereocenters. The van der Waals surface area contributed by atoms with E-state index < -0.39 is 0 Å². The molecule has 0 aromatic heterocycles. The van der Waals surface area contributed by atoms with Crippen molar-refractivity contribution < 1.29 is 4.39 Å². The topological polar surface area (TPSA) is 12.0 Å². The summed E-state index contributed by atoms with van der Waals surface area (Å²) in [5.74, 6) is 2.91. The van der Waals surface area contributed by atoms with E-state index in [1.165, 1.54) is 29.1 Å². The maximum Gasteiger partial charge on any atom is 0.123 e. The number of hydrogen-bond donors (Lipinski definition) is 1. The molecule has 1 aliphatic rings. The van der Waals surface area contributed by atoms with Crippen LogP contribution >= 0.6 is 11.8 Å². The first-order chi connectivity index (χ1) is 8.70. The SMILES string of the molecule is CCCNC1CSCC1Cc1cc(F)ccc1C. The lowest BCUT2D eigenvalue weighted by Gasteiger charge is -2.21. The molecule has 1 aliphatic heterocycles. The lowest BCUT2D eigenvalue weighted by Crippen LogP contribution is -2.36. The number of aryl methyl sites for hydroxylation is 1. The molecule has 0 bridgehead atoms. The summed E-state index contributed by atoms with van der Waals surface area (Å²) < 4.78 is 13.3. The highest BCUT2D eigenvalue weighted by molar-refractivity contribution is 7.99. The van der Waals surface area contributed by atoms with Gasteiger partial charge in [0.05, 0.1) is 0 Å². The zero-order valence-electron chi connectivity index (χ0n) is 11.2. The van der Waals surface area contributed by atoms with Crippen molar-refractivity contribution in [2.75, 3.05) is 18.1 Å². The summed E-state index contributed by atoms with van der Waals surface area (Å²) in [7, 11) is 0. The number of benzene rings is 1. The number of hydrogen-bond acceptors (Lipinski definition) is 2. The fourth-order valence-electron chi connectivity index (χ4n) is 2.50. The summed E-state index contributed by atoms with van der Waals surface area (Å²) in [5, 5.41) is 3.62. The van der Waals surface area contributed by atoms with Crippen LogP contribution in [0.15, 0.2) is 18.2 Å². The minimum Gasteiger partial charge on any atom is -0.313 e. The molecule has 1 heterocycles. The largest absolute Gasteiger partial charge is 0.313 e. The quantitative estimate of drug-likeness (QED) is 0.877. The van der Waals surface area contributed by atoms with Crippen molar-refractivity contribution in [2.45, 2.75) is 32.7 Å².